The monoisotopic (exact) mass is 241 g/mol. The highest BCUT2D eigenvalue weighted by Gasteiger charge is 2.30. The van der Waals surface area contributed by atoms with E-state index in [-0.39, 0.29) is 0 Å². The maximum Gasteiger partial charge on any atom is 0.0235 e. The Morgan fingerprint density at radius 3 is 2.47 bits per heavy atom. The summed E-state index contributed by atoms with van der Waals surface area (Å²) in [5.41, 5.74) is 0. The van der Waals surface area contributed by atoms with Gasteiger partial charge in [-0.25, -0.2) is 0 Å². The van der Waals surface area contributed by atoms with Crippen molar-refractivity contribution in [3.8, 4) is 0 Å². The normalized spacial score (nSPS) is 25.4. The van der Waals surface area contributed by atoms with Gasteiger partial charge in [-0.3, -0.25) is 9.80 Å². The van der Waals surface area contributed by atoms with Gasteiger partial charge in [0.15, 0.2) is 0 Å². The van der Waals surface area contributed by atoms with E-state index < -0.39 is 0 Å². The molecule has 1 N–H and O–H groups in total. The zero-order valence-corrected chi connectivity index (χ0v) is 12.4. The summed E-state index contributed by atoms with van der Waals surface area (Å²) in [6.07, 6.45) is 1.35. The topological polar surface area (TPSA) is 18.5 Å². The molecule has 0 aromatic carbocycles. The van der Waals surface area contributed by atoms with Crippen LogP contribution in [0, 0.1) is 5.92 Å². The molecule has 1 saturated heterocycles. The second kappa shape index (κ2) is 7.34. The summed E-state index contributed by atoms with van der Waals surface area (Å²) in [5.74, 6) is 0.732. The van der Waals surface area contributed by atoms with E-state index >= 15 is 0 Å². The predicted molar refractivity (Wildman–Crippen MR) is 75.5 cm³/mol. The molecule has 1 fully saturated rings. The van der Waals surface area contributed by atoms with Crippen LogP contribution < -0.4 is 5.32 Å². The van der Waals surface area contributed by atoms with Crippen molar-refractivity contribution in [3.63, 3.8) is 0 Å². The largest absolute Gasteiger partial charge is 0.319 e. The molecule has 102 valence electrons. The lowest BCUT2D eigenvalue weighted by atomic mass is 10.0. The molecule has 0 aromatic heterocycles. The van der Waals surface area contributed by atoms with Gasteiger partial charge in [-0.1, -0.05) is 20.8 Å². The third-order valence-corrected chi connectivity index (χ3v) is 4.45. The molecule has 0 spiro atoms. The molecule has 3 atom stereocenters. The van der Waals surface area contributed by atoms with Gasteiger partial charge in [-0.2, -0.15) is 0 Å². The smallest absolute Gasteiger partial charge is 0.0235 e. The maximum atomic E-state index is 3.29. The summed E-state index contributed by atoms with van der Waals surface area (Å²) in [5, 5.41) is 3.29. The highest BCUT2D eigenvalue weighted by Crippen LogP contribution is 2.21. The number of nitrogens with zero attached hydrogens (tertiary/aromatic N) is 2. The summed E-state index contributed by atoms with van der Waals surface area (Å²) >= 11 is 0. The average molecular weight is 241 g/mol. The fraction of sp³-hybridized carbons (Fsp3) is 1.00. The second-order valence-corrected chi connectivity index (χ2v) is 5.43. The van der Waals surface area contributed by atoms with Gasteiger partial charge in [0.25, 0.3) is 0 Å². The van der Waals surface area contributed by atoms with E-state index in [2.05, 4.69) is 42.8 Å². The van der Waals surface area contributed by atoms with Gasteiger partial charge < -0.3 is 5.32 Å². The van der Waals surface area contributed by atoms with Crippen LogP contribution in [0.25, 0.3) is 0 Å². The van der Waals surface area contributed by atoms with Crippen LogP contribution in [0.1, 0.15) is 34.1 Å². The van der Waals surface area contributed by atoms with Crippen molar-refractivity contribution >= 4 is 0 Å². The van der Waals surface area contributed by atoms with Gasteiger partial charge >= 0.3 is 0 Å². The highest BCUT2D eigenvalue weighted by molar-refractivity contribution is 4.87. The summed E-state index contributed by atoms with van der Waals surface area (Å²) in [6, 6.07) is 1.48. The summed E-state index contributed by atoms with van der Waals surface area (Å²) in [4.78, 5) is 5.28. The zero-order valence-electron chi connectivity index (χ0n) is 12.4. The van der Waals surface area contributed by atoms with Crippen LogP contribution in [-0.4, -0.2) is 61.7 Å². The average Bonchev–Trinajstić information content (AvgIpc) is 2.79. The first-order valence-electron chi connectivity index (χ1n) is 7.26. The van der Waals surface area contributed by atoms with Crippen molar-refractivity contribution in [2.45, 2.75) is 46.2 Å². The molecule has 1 aliphatic rings. The van der Waals surface area contributed by atoms with Crippen molar-refractivity contribution in [3.05, 3.63) is 0 Å². The molecule has 3 nitrogen and oxygen atoms in total. The van der Waals surface area contributed by atoms with E-state index in [1.54, 1.807) is 0 Å². The molecule has 1 heterocycles. The highest BCUT2D eigenvalue weighted by atomic mass is 15.3. The Balaban J connectivity index is 2.43. The van der Waals surface area contributed by atoms with E-state index in [0.29, 0.717) is 6.04 Å². The van der Waals surface area contributed by atoms with Crippen molar-refractivity contribution in [1.82, 2.24) is 15.1 Å². The van der Waals surface area contributed by atoms with E-state index in [9.17, 15) is 0 Å². The van der Waals surface area contributed by atoms with Gasteiger partial charge in [0.1, 0.15) is 0 Å². The number of likely N-dealkylation sites (N-methyl/N-ethyl adjacent to an activating group) is 1. The quantitative estimate of drug-likeness (QED) is 0.731. The number of hydrogen-bond acceptors (Lipinski definition) is 3. The first kappa shape index (κ1) is 14.9. The predicted octanol–water partition coefficient (Wildman–Crippen LogP) is 1.65. The fourth-order valence-corrected chi connectivity index (χ4v) is 3.03. The molecule has 0 bridgehead atoms. The van der Waals surface area contributed by atoms with Gasteiger partial charge in [-0.15, -0.1) is 0 Å². The third-order valence-electron chi connectivity index (χ3n) is 4.45. The molecular formula is C14H31N3. The molecule has 17 heavy (non-hydrogen) atoms. The first-order chi connectivity index (χ1) is 8.13. The maximum absolute atomic E-state index is 3.29. The van der Waals surface area contributed by atoms with Gasteiger partial charge in [0.05, 0.1) is 0 Å². The number of nitrogens with one attached hydrogen (secondary N) is 1. The standard InChI is InChI=1S/C14H31N3/c1-6-16(7-2)14-8-9-17(11-14)13(4)12(3)10-15-5/h12-15H,6-11H2,1-5H3. The third kappa shape index (κ3) is 3.94. The van der Waals surface area contributed by atoms with Crippen LogP contribution in [0.5, 0.6) is 0 Å². The van der Waals surface area contributed by atoms with Crippen molar-refractivity contribution in [2.24, 2.45) is 5.92 Å². The van der Waals surface area contributed by atoms with Crippen LogP contribution in [-0.2, 0) is 0 Å². The lowest BCUT2D eigenvalue weighted by Gasteiger charge is -2.31. The second-order valence-electron chi connectivity index (χ2n) is 5.43. The van der Waals surface area contributed by atoms with Gasteiger partial charge in [-0.05, 0) is 45.9 Å². The summed E-state index contributed by atoms with van der Waals surface area (Å²) < 4.78 is 0. The Morgan fingerprint density at radius 1 is 1.29 bits per heavy atom. The Morgan fingerprint density at radius 2 is 1.94 bits per heavy atom. The van der Waals surface area contributed by atoms with Crippen LogP contribution in [0.15, 0.2) is 0 Å². The molecule has 0 saturated carbocycles. The van der Waals surface area contributed by atoms with Crippen molar-refractivity contribution in [1.29, 1.82) is 0 Å². The minimum absolute atomic E-state index is 0.697. The zero-order chi connectivity index (χ0) is 12.8. The molecule has 3 unspecified atom stereocenters. The van der Waals surface area contributed by atoms with Gasteiger partial charge in [0, 0.05) is 25.2 Å². The van der Waals surface area contributed by atoms with Crippen LogP contribution in [0.2, 0.25) is 0 Å². The molecule has 3 heteroatoms. The van der Waals surface area contributed by atoms with Crippen LogP contribution in [0.3, 0.4) is 0 Å². The first-order valence-corrected chi connectivity index (χ1v) is 7.26. The molecule has 1 rings (SSSR count). The van der Waals surface area contributed by atoms with Crippen LogP contribution >= 0.6 is 0 Å². The SMILES string of the molecule is CCN(CC)C1CCN(C(C)C(C)CNC)C1. The fourth-order valence-electron chi connectivity index (χ4n) is 3.03. The lowest BCUT2D eigenvalue weighted by molar-refractivity contribution is 0.165. The number of hydrogen-bond donors (Lipinski definition) is 1. The molecule has 0 aromatic rings. The summed E-state index contributed by atoms with van der Waals surface area (Å²) in [6.45, 7) is 15.3. The van der Waals surface area contributed by atoms with E-state index in [4.69, 9.17) is 0 Å². The van der Waals surface area contributed by atoms with E-state index in [1.165, 1.54) is 32.6 Å². The minimum Gasteiger partial charge on any atom is -0.319 e. The molecule has 0 amide bonds. The number of likely N-dealkylation sites (tertiary alicyclic amines) is 1. The molecule has 0 radical (unpaired) electrons. The van der Waals surface area contributed by atoms with Crippen molar-refractivity contribution in [2.75, 3.05) is 39.8 Å². The van der Waals surface area contributed by atoms with Gasteiger partial charge in [0.2, 0.25) is 0 Å². The Hall–Kier alpha value is -0.120. The summed E-state index contributed by atoms with van der Waals surface area (Å²) in [7, 11) is 2.05. The molecular weight excluding hydrogens is 210 g/mol. The number of rotatable bonds is 7. The Bertz CT molecular complexity index is 204. The van der Waals surface area contributed by atoms with Crippen molar-refractivity contribution < 1.29 is 0 Å². The Labute approximate surface area is 108 Å². The van der Waals surface area contributed by atoms with E-state index in [0.717, 1.165) is 18.5 Å². The minimum atomic E-state index is 0.697. The molecule has 0 aliphatic carbocycles. The molecule has 1 aliphatic heterocycles. The van der Waals surface area contributed by atoms with Crippen LogP contribution in [0.4, 0.5) is 0 Å². The Kier molecular flexibility index (Phi) is 6.45. The van der Waals surface area contributed by atoms with E-state index in [1.807, 2.05) is 7.05 Å². The lowest BCUT2D eigenvalue weighted by Crippen LogP contribution is -2.42.